The van der Waals surface area contributed by atoms with Gasteiger partial charge in [0.1, 0.15) is 0 Å². The van der Waals surface area contributed by atoms with Gasteiger partial charge in [0.2, 0.25) is 0 Å². The highest BCUT2D eigenvalue weighted by Crippen LogP contribution is 2.20. The molecule has 160 valence electrons. The van der Waals surface area contributed by atoms with Crippen LogP contribution in [0.5, 0.6) is 0 Å². The van der Waals surface area contributed by atoms with Crippen LogP contribution >= 0.6 is 11.6 Å². The van der Waals surface area contributed by atoms with Crippen molar-refractivity contribution >= 4 is 23.7 Å². The number of hydrazone groups is 1. The summed E-state index contributed by atoms with van der Waals surface area (Å²) in [6.45, 7) is 6.16. The van der Waals surface area contributed by atoms with E-state index in [1.165, 1.54) is 6.21 Å². The number of benzene rings is 2. The number of morpholine rings is 1. The van der Waals surface area contributed by atoms with E-state index in [1.807, 2.05) is 61.5 Å². The Balaban J connectivity index is 1.38. The van der Waals surface area contributed by atoms with E-state index < -0.39 is 0 Å². The predicted molar refractivity (Wildman–Crippen MR) is 121 cm³/mol. The summed E-state index contributed by atoms with van der Waals surface area (Å²) in [7, 11) is 0. The average Bonchev–Trinajstić information content (AvgIpc) is 3.09. The van der Waals surface area contributed by atoms with Crippen molar-refractivity contribution in [1.29, 1.82) is 0 Å². The lowest BCUT2D eigenvalue weighted by Crippen LogP contribution is -2.35. The Hall–Kier alpha value is -3.00. The van der Waals surface area contributed by atoms with Crippen molar-refractivity contribution in [3.05, 3.63) is 82.1 Å². The zero-order valence-electron chi connectivity index (χ0n) is 17.3. The Morgan fingerprint density at radius 2 is 1.87 bits per heavy atom. The molecule has 0 spiro atoms. The third kappa shape index (κ3) is 5.19. The van der Waals surface area contributed by atoms with Crippen LogP contribution in [0.25, 0.3) is 5.69 Å². The lowest BCUT2D eigenvalue weighted by atomic mass is 10.1. The number of rotatable bonds is 6. The number of hydrogen-bond acceptors (Lipinski definition) is 5. The number of ether oxygens (including phenoxy) is 1. The second-order valence-corrected chi connectivity index (χ2v) is 7.68. The third-order valence-corrected chi connectivity index (χ3v) is 5.48. The van der Waals surface area contributed by atoms with Crippen molar-refractivity contribution < 1.29 is 9.53 Å². The molecule has 0 unspecified atom stereocenters. The smallest absolute Gasteiger partial charge is 0.271 e. The number of hydrogen-bond donors (Lipinski definition) is 1. The molecular formula is C23H24ClN5O2. The first-order valence-corrected chi connectivity index (χ1v) is 10.5. The van der Waals surface area contributed by atoms with Crippen molar-refractivity contribution in [3.63, 3.8) is 0 Å². The van der Waals surface area contributed by atoms with E-state index in [1.54, 1.807) is 4.68 Å². The molecule has 1 fully saturated rings. The molecule has 0 aliphatic carbocycles. The van der Waals surface area contributed by atoms with E-state index in [2.05, 4.69) is 20.5 Å². The normalized spacial score (nSPS) is 14.8. The quantitative estimate of drug-likeness (QED) is 0.473. The number of nitrogens with one attached hydrogen (secondary N) is 1. The molecule has 8 heteroatoms. The summed E-state index contributed by atoms with van der Waals surface area (Å²) in [5.74, 6) is -0.279. The molecule has 2 aromatic carbocycles. The van der Waals surface area contributed by atoms with E-state index in [0.29, 0.717) is 16.3 Å². The van der Waals surface area contributed by atoms with E-state index >= 15 is 0 Å². The van der Waals surface area contributed by atoms with Crippen molar-refractivity contribution in [2.45, 2.75) is 13.5 Å². The highest BCUT2D eigenvalue weighted by Gasteiger charge is 2.13. The first kappa shape index (κ1) is 21.2. The van der Waals surface area contributed by atoms with Gasteiger partial charge < -0.3 is 4.74 Å². The van der Waals surface area contributed by atoms with E-state index in [9.17, 15) is 4.79 Å². The number of para-hydroxylation sites is 1. The van der Waals surface area contributed by atoms with Gasteiger partial charge in [-0.15, -0.1) is 0 Å². The molecule has 2 heterocycles. The molecule has 1 amide bonds. The van der Waals surface area contributed by atoms with E-state index in [-0.39, 0.29) is 5.91 Å². The summed E-state index contributed by atoms with van der Waals surface area (Å²) in [6, 6.07) is 17.3. The fourth-order valence-corrected chi connectivity index (χ4v) is 3.71. The van der Waals surface area contributed by atoms with Crippen LogP contribution in [-0.4, -0.2) is 53.1 Å². The first-order chi connectivity index (χ1) is 15.1. The van der Waals surface area contributed by atoms with E-state index in [0.717, 1.165) is 49.8 Å². The fraction of sp³-hybridized carbons (Fsp3) is 0.261. The first-order valence-electron chi connectivity index (χ1n) is 10.1. The summed E-state index contributed by atoms with van der Waals surface area (Å²) < 4.78 is 7.12. The largest absolute Gasteiger partial charge is 0.379 e. The van der Waals surface area contributed by atoms with Crippen LogP contribution < -0.4 is 5.43 Å². The summed E-state index contributed by atoms with van der Waals surface area (Å²) in [6.07, 6.45) is 1.52. The second-order valence-electron chi connectivity index (χ2n) is 7.32. The van der Waals surface area contributed by atoms with Crippen LogP contribution in [0.4, 0.5) is 0 Å². The van der Waals surface area contributed by atoms with Gasteiger partial charge in [-0.25, -0.2) is 10.1 Å². The van der Waals surface area contributed by atoms with Gasteiger partial charge in [0, 0.05) is 25.2 Å². The van der Waals surface area contributed by atoms with Crippen molar-refractivity contribution in [2.24, 2.45) is 5.10 Å². The standard InChI is InChI=1S/C23H24ClN5O2/c1-17-21(22(24)27-29(17)20-5-3-2-4-6-20)15-25-26-23(30)19-9-7-18(8-10-19)16-28-11-13-31-14-12-28/h2-10,15H,11-14,16H2,1H3,(H,26,30)/b25-15-. The van der Waals surface area contributed by atoms with Crippen molar-refractivity contribution in [2.75, 3.05) is 26.3 Å². The molecule has 0 radical (unpaired) electrons. The van der Waals surface area contributed by atoms with Crippen LogP contribution in [0, 0.1) is 6.92 Å². The SMILES string of the molecule is Cc1c(/C=N\NC(=O)c2ccc(CN3CCOCC3)cc2)c(Cl)nn1-c1ccccc1. The Morgan fingerprint density at radius 3 is 2.58 bits per heavy atom. The maximum atomic E-state index is 12.4. The number of aromatic nitrogens is 2. The second kappa shape index (κ2) is 9.87. The highest BCUT2D eigenvalue weighted by molar-refractivity contribution is 6.32. The predicted octanol–water partition coefficient (Wildman–Crippen LogP) is 3.43. The maximum Gasteiger partial charge on any atom is 0.271 e. The Kier molecular flexibility index (Phi) is 6.76. The van der Waals surface area contributed by atoms with Gasteiger partial charge in [0.25, 0.3) is 5.91 Å². The fourth-order valence-electron chi connectivity index (χ4n) is 3.45. The molecule has 0 saturated carbocycles. The molecule has 0 bridgehead atoms. The minimum atomic E-state index is -0.279. The molecule has 3 aromatic rings. The van der Waals surface area contributed by atoms with Crippen LogP contribution in [0.3, 0.4) is 0 Å². The van der Waals surface area contributed by atoms with Gasteiger partial charge >= 0.3 is 0 Å². The van der Waals surface area contributed by atoms with Crippen LogP contribution in [-0.2, 0) is 11.3 Å². The van der Waals surface area contributed by atoms with Gasteiger partial charge in [-0.2, -0.15) is 10.2 Å². The number of halogens is 1. The average molecular weight is 438 g/mol. The maximum absolute atomic E-state index is 12.4. The van der Waals surface area contributed by atoms with Crippen molar-refractivity contribution in [1.82, 2.24) is 20.1 Å². The Morgan fingerprint density at radius 1 is 1.16 bits per heavy atom. The minimum absolute atomic E-state index is 0.279. The van der Waals surface area contributed by atoms with Crippen molar-refractivity contribution in [3.8, 4) is 5.69 Å². The molecule has 1 N–H and O–H groups in total. The number of carbonyl (C=O) groups excluding carboxylic acids is 1. The molecule has 1 aliphatic heterocycles. The summed E-state index contributed by atoms with van der Waals surface area (Å²) in [5, 5.41) is 8.76. The molecule has 7 nitrogen and oxygen atoms in total. The number of carbonyl (C=O) groups is 1. The number of nitrogens with zero attached hydrogens (tertiary/aromatic N) is 4. The summed E-state index contributed by atoms with van der Waals surface area (Å²) in [5.41, 5.74) is 6.67. The number of amides is 1. The Bertz CT molecular complexity index is 1060. The molecule has 4 rings (SSSR count). The lowest BCUT2D eigenvalue weighted by molar-refractivity contribution is 0.0342. The highest BCUT2D eigenvalue weighted by atomic mass is 35.5. The van der Waals surface area contributed by atoms with Crippen LogP contribution in [0.2, 0.25) is 5.15 Å². The molecule has 0 atom stereocenters. The molecule has 1 aromatic heterocycles. The zero-order valence-corrected chi connectivity index (χ0v) is 18.0. The summed E-state index contributed by atoms with van der Waals surface area (Å²) >= 11 is 6.28. The zero-order chi connectivity index (χ0) is 21.6. The third-order valence-electron chi connectivity index (χ3n) is 5.20. The summed E-state index contributed by atoms with van der Waals surface area (Å²) in [4.78, 5) is 14.8. The van der Waals surface area contributed by atoms with Gasteiger partial charge in [-0.05, 0) is 36.8 Å². The van der Waals surface area contributed by atoms with Gasteiger partial charge in [-0.3, -0.25) is 9.69 Å². The minimum Gasteiger partial charge on any atom is -0.379 e. The topological polar surface area (TPSA) is 71.8 Å². The molecule has 1 aliphatic rings. The van der Waals surface area contributed by atoms with E-state index in [4.69, 9.17) is 16.3 Å². The van der Waals surface area contributed by atoms with Crippen LogP contribution in [0.15, 0.2) is 59.7 Å². The molecular weight excluding hydrogens is 414 g/mol. The molecule has 1 saturated heterocycles. The van der Waals surface area contributed by atoms with Gasteiger partial charge in [-0.1, -0.05) is 41.9 Å². The van der Waals surface area contributed by atoms with Crippen LogP contribution in [0.1, 0.15) is 27.2 Å². The monoisotopic (exact) mass is 437 g/mol. The molecule has 31 heavy (non-hydrogen) atoms. The van der Waals surface area contributed by atoms with Gasteiger partial charge in [0.05, 0.1) is 36.4 Å². The lowest BCUT2D eigenvalue weighted by Gasteiger charge is -2.26. The van der Waals surface area contributed by atoms with Gasteiger partial charge in [0.15, 0.2) is 5.15 Å². The Labute approximate surface area is 186 Å².